The summed E-state index contributed by atoms with van der Waals surface area (Å²) in [5.74, 6) is -1.33. The summed E-state index contributed by atoms with van der Waals surface area (Å²) in [7, 11) is 0. The molecule has 1 N–H and O–H groups in total. The Morgan fingerprint density at radius 2 is 2.06 bits per heavy atom. The lowest BCUT2D eigenvalue weighted by Gasteiger charge is -2.20. The van der Waals surface area contributed by atoms with Crippen molar-refractivity contribution >= 4 is 11.9 Å². The summed E-state index contributed by atoms with van der Waals surface area (Å²) in [5.41, 5.74) is 0. The zero-order valence-corrected chi connectivity index (χ0v) is 10.5. The Morgan fingerprint density at radius 1 is 1.39 bits per heavy atom. The molecule has 0 radical (unpaired) electrons. The number of aliphatic carboxylic acids is 1. The normalized spacial score (nSPS) is 23.9. The molecule has 6 nitrogen and oxygen atoms in total. The number of carboxylic acid groups (broad SMARTS) is 1. The van der Waals surface area contributed by atoms with Gasteiger partial charge in [0.05, 0.1) is 12.5 Å². The molecular weight excluding hydrogens is 240 g/mol. The van der Waals surface area contributed by atoms with Gasteiger partial charge in [-0.2, -0.15) is 0 Å². The van der Waals surface area contributed by atoms with Gasteiger partial charge in [-0.3, -0.25) is 9.59 Å². The highest BCUT2D eigenvalue weighted by Crippen LogP contribution is 2.20. The molecule has 0 aliphatic heterocycles. The summed E-state index contributed by atoms with van der Waals surface area (Å²) >= 11 is 0. The molecule has 0 saturated heterocycles. The molecule has 0 spiro atoms. The molecule has 1 aliphatic rings. The minimum Gasteiger partial charge on any atom is -0.481 e. The van der Waals surface area contributed by atoms with Crippen molar-refractivity contribution in [2.24, 2.45) is 0 Å². The van der Waals surface area contributed by atoms with Gasteiger partial charge in [0.15, 0.2) is 6.29 Å². The maximum Gasteiger partial charge on any atom is 0.308 e. The number of esters is 1. The van der Waals surface area contributed by atoms with E-state index in [2.05, 4.69) is 0 Å². The van der Waals surface area contributed by atoms with E-state index in [-0.39, 0.29) is 24.6 Å². The van der Waals surface area contributed by atoms with Crippen LogP contribution in [0.25, 0.3) is 0 Å². The molecule has 0 aromatic carbocycles. The molecule has 1 aliphatic carbocycles. The highest BCUT2D eigenvalue weighted by molar-refractivity contribution is 5.67. The zero-order valence-electron chi connectivity index (χ0n) is 10.5. The summed E-state index contributed by atoms with van der Waals surface area (Å²) in [6.07, 6.45) is 2.39. The Bertz CT molecular complexity index is 325. The van der Waals surface area contributed by atoms with E-state index < -0.39 is 12.3 Å². The standard InChI is InChI=1S/C12H18O6/c1-3-16-12(7-11(14)15)18-10-5-4-9(6-10)17-8(2)13/h4-5,9-10,12H,3,6-7H2,1-2H3,(H,14,15)/t9-,10+,12?/m1/s1. The van der Waals surface area contributed by atoms with Crippen molar-refractivity contribution in [2.45, 2.75) is 45.2 Å². The van der Waals surface area contributed by atoms with Gasteiger partial charge in [0.2, 0.25) is 0 Å². The van der Waals surface area contributed by atoms with Crippen LogP contribution in [0.3, 0.4) is 0 Å². The monoisotopic (exact) mass is 258 g/mol. The second kappa shape index (κ2) is 7.13. The van der Waals surface area contributed by atoms with Crippen LogP contribution >= 0.6 is 0 Å². The smallest absolute Gasteiger partial charge is 0.308 e. The molecule has 0 fully saturated rings. The van der Waals surface area contributed by atoms with E-state index in [0.29, 0.717) is 13.0 Å². The quantitative estimate of drug-likeness (QED) is 0.418. The zero-order chi connectivity index (χ0) is 13.5. The third kappa shape index (κ3) is 5.29. The lowest BCUT2D eigenvalue weighted by molar-refractivity contribution is -0.176. The number of hydrogen-bond donors (Lipinski definition) is 1. The van der Waals surface area contributed by atoms with Crippen molar-refractivity contribution in [3.8, 4) is 0 Å². The van der Waals surface area contributed by atoms with Crippen LogP contribution in [0.2, 0.25) is 0 Å². The number of ether oxygens (including phenoxy) is 3. The third-order valence-electron chi connectivity index (χ3n) is 2.34. The van der Waals surface area contributed by atoms with Crippen LogP contribution in [-0.2, 0) is 23.8 Å². The van der Waals surface area contributed by atoms with Crippen molar-refractivity contribution in [3.63, 3.8) is 0 Å². The number of carbonyl (C=O) groups excluding carboxylic acids is 1. The van der Waals surface area contributed by atoms with Crippen LogP contribution in [0.4, 0.5) is 0 Å². The lowest BCUT2D eigenvalue weighted by Crippen LogP contribution is -2.27. The first-order valence-corrected chi connectivity index (χ1v) is 5.85. The van der Waals surface area contributed by atoms with E-state index in [4.69, 9.17) is 19.3 Å². The van der Waals surface area contributed by atoms with Crippen molar-refractivity contribution < 1.29 is 28.9 Å². The molecule has 3 atom stereocenters. The van der Waals surface area contributed by atoms with E-state index in [9.17, 15) is 9.59 Å². The molecular formula is C12H18O6. The van der Waals surface area contributed by atoms with E-state index in [1.54, 1.807) is 19.1 Å². The first-order valence-electron chi connectivity index (χ1n) is 5.85. The van der Waals surface area contributed by atoms with Gasteiger partial charge in [0.25, 0.3) is 0 Å². The Labute approximate surface area is 106 Å². The predicted molar refractivity (Wildman–Crippen MR) is 61.9 cm³/mol. The summed E-state index contributed by atoms with van der Waals surface area (Å²) in [6, 6.07) is 0. The topological polar surface area (TPSA) is 82.1 Å². The van der Waals surface area contributed by atoms with Gasteiger partial charge in [-0.25, -0.2) is 0 Å². The molecule has 0 aromatic heterocycles. The minimum absolute atomic E-state index is 0.212. The van der Waals surface area contributed by atoms with Crippen LogP contribution in [-0.4, -0.2) is 42.1 Å². The van der Waals surface area contributed by atoms with Crippen LogP contribution < -0.4 is 0 Å². The first-order chi connectivity index (χ1) is 8.51. The molecule has 18 heavy (non-hydrogen) atoms. The number of carbonyl (C=O) groups is 2. The Kier molecular flexibility index (Phi) is 5.80. The van der Waals surface area contributed by atoms with E-state index in [1.807, 2.05) is 0 Å². The van der Waals surface area contributed by atoms with Crippen molar-refractivity contribution in [2.75, 3.05) is 6.61 Å². The van der Waals surface area contributed by atoms with Crippen molar-refractivity contribution in [1.82, 2.24) is 0 Å². The van der Waals surface area contributed by atoms with Gasteiger partial charge in [-0.05, 0) is 13.0 Å². The van der Waals surface area contributed by atoms with Crippen LogP contribution in [0.15, 0.2) is 12.2 Å². The number of carboxylic acids is 1. The largest absolute Gasteiger partial charge is 0.481 e. The van der Waals surface area contributed by atoms with Crippen LogP contribution in [0, 0.1) is 0 Å². The minimum atomic E-state index is -0.980. The molecule has 0 amide bonds. The van der Waals surface area contributed by atoms with Gasteiger partial charge in [0.1, 0.15) is 6.10 Å². The highest BCUT2D eigenvalue weighted by atomic mass is 16.7. The maximum atomic E-state index is 10.8. The summed E-state index contributed by atoms with van der Waals surface area (Å²) < 4.78 is 15.7. The van der Waals surface area contributed by atoms with E-state index in [0.717, 1.165) is 0 Å². The molecule has 0 heterocycles. The first kappa shape index (κ1) is 14.7. The van der Waals surface area contributed by atoms with Gasteiger partial charge >= 0.3 is 11.9 Å². The van der Waals surface area contributed by atoms with Crippen LogP contribution in [0.1, 0.15) is 26.7 Å². The van der Waals surface area contributed by atoms with E-state index in [1.165, 1.54) is 6.92 Å². The molecule has 6 heteroatoms. The fourth-order valence-corrected chi connectivity index (χ4v) is 1.71. The fourth-order valence-electron chi connectivity index (χ4n) is 1.71. The molecule has 0 bridgehead atoms. The molecule has 0 saturated carbocycles. The van der Waals surface area contributed by atoms with Crippen molar-refractivity contribution in [1.29, 1.82) is 0 Å². The highest BCUT2D eigenvalue weighted by Gasteiger charge is 2.25. The Hall–Kier alpha value is -1.40. The number of rotatable bonds is 7. The Balaban J connectivity index is 2.39. The number of hydrogen-bond acceptors (Lipinski definition) is 5. The molecule has 0 aromatic rings. The third-order valence-corrected chi connectivity index (χ3v) is 2.34. The summed E-state index contributed by atoms with van der Waals surface area (Å²) in [5, 5.41) is 8.71. The lowest BCUT2D eigenvalue weighted by atomic mass is 10.2. The van der Waals surface area contributed by atoms with Crippen LogP contribution in [0.5, 0.6) is 0 Å². The molecule has 1 rings (SSSR count). The van der Waals surface area contributed by atoms with Gasteiger partial charge in [0, 0.05) is 20.0 Å². The predicted octanol–water partition coefficient (Wildman–Crippen LogP) is 1.10. The second-order valence-corrected chi connectivity index (χ2v) is 3.93. The average molecular weight is 258 g/mol. The SMILES string of the molecule is CCOC(CC(=O)O)O[C@H]1C=C[C@@H](OC(C)=O)C1. The fraction of sp³-hybridized carbons (Fsp3) is 0.667. The Morgan fingerprint density at radius 3 is 2.61 bits per heavy atom. The van der Waals surface area contributed by atoms with Gasteiger partial charge < -0.3 is 19.3 Å². The van der Waals surface area contributed by atoms with Crippen molar-refractivity contribution in [3.05, 3.63) is 12.2 Å². The summed E-state index contributed by atoms with van der Waals surface area (Å²) in [6.45, 7) is 3.49. The summed E-state index contributed by atoms with van der Waals surface area (Å²) in [4.78, 5) is 21.4. The second-order valence-electron chi connectivity index (χ2n) is 3.93. The molecule has 1 unspecified atom stereocenters. The molecule has 102 valence electrons. The maximum absolute atomic E-state index is 10.8. The average Bonchev–Trinajstić information content (AvgIpc) is 2.63. The van der Waals surface area contributed by atoms with E-state index >= 15 is 0 Å². The van der Waals surface area contributed by atoms with Gasteiger partial charge in [-0.1, -0.05) is 6.08 Å². The van der Waals surface area contributed by atoms with Gasteiger partial charge in [-0.15, -0.1) is 0 Å².